The zero-order valence-electron chi connectivity index (χ0n) is 16.4. The number of benzene rings is 1. The van der Waals surface area contributed by atoms with Gasteiger partial charge in [0.05, 0.1) is 16.9 Å². The standard InChI is InChI=1S/C21H25N5O2/c1-14-13-24(2)12-10-17(14)25(3)21(28)26-18-9-5-4-7-15(18)20(27)23-16-8-6-11-22-19(16)26/h4-9,11,14,17H,10,12-13H2,1-3H3,(H,23,27)/t14-,17-/m0/s1. The Kier molecular flexibility index (Phi) is 4.77. The van der Waals surface area contributed by atoms with E-state index in [1.54, 1.807) is 41.4 Å². The van der Waals surface area contributed by atoms with Crippen molar-refractivity contribution in [1.82, 2.24) is 14.8 Å². The molecule has 0 saturated carbocycles. The minimum Gasteiger partial charge on any atom is -0.324 e. The number of hydrogen-bond acceptors (Lipinski definition) is 4. The molecule has 4 rings (SSSR count). The summed E-state index contributed by atoms with van der Waals surface area (Å²) in [5.41, 5.74) is 1.54. The van der Waals surface area contributed by atoms with Gasteiger partial charge in [-0.05, 0) is 50.2 Å². The smallest absolute Gasteiger partial charge is 0.324 e. The van der Waals surface area contributed by atoms with Crippen molar-refractivity contribution in [3.05, 3.63) is 48.2 Å². The van der Waals surface area contributed by atoms with Crippen LogP contribution < -0.4 is 10.2 Å². The predicted molar refractivity (Wildman–Crippen MR) is 109 cm³/mol. The Morgan fingerprint density at radius 3 is 2.82 bits per heavy atom. The molecule has 2 atom stereocenters. The van der Waals surface area contributed by atoms with E-state index in [0.29, 0.717) is 28.7 Å². The molecular formula is C21H25N5O2. The summed E-state index contributed by atoms with van der Waals surface area (Å²) in [6, 6.07) is 10.6. The lowest BCUT2D eigenvalue weighted by Gasteiger charge is -2.41. The number of carbonyl (C=O) groups is 2. The fourth-order valence-electron chi connectivity index (χ4n) is 4.25. The summed E-state index contributed by atoms with van der Waals surface area (Å²) in [7, 11) is 3.96. The van der Waals surface area contributed by atoms with E-state index in [1.165, 1.54) is 0 Å². The Morgan fingerprint density at radius 1 is 1.25 bits per heavy atom. The highest BCUT2D eigenvalue weighted by atomic mass is 16.2. The molecule has 1 N–H and O–H groups in total. The van der Waals surface area contributed by atoms with E-state index < -0.39 is 0 Å². The minimum absolute atomic E-state index is 0.134. The van der Waals surface area contributed by atoms with E-state index in [4.69, 9.17) is 0 Å². The van der Waals surface area contributed by atoms with E-state index >= 15 is 0 Å². The maximum atomic E-state index is 13.7. The lowest BCUT2D eigenvalue weighted by molar-refractivity contribution is 0.102. The van der Waals surface area contributed by atoms with Crippen LogP contribution in [-0.4, -0.2) is 59.9 Å². The second kappa shape index (κ2) is 7.24. The van der Waals surface area contributed by atoms with Crippen molar-refractivity contribution in [2.24, 2.45) is 5.92 Å². The number of nitrogens with zero attached hydrogens (tertiary/aromatic N) is 4. The van der Waals surface area contributed by atoms with Gasteiger partial charge in [0.1, 0.15) is 0 Å². The molecule has 0 bridgehead atoms. The fraction of sp³-hybridized carbons (Fsp3) is 0.381. The quantitative estimate of drug-likeness (QED) is 0.826. The van der Waals surface area contributed by atoms with Crippen molar-refractivity contribution in [2.75, 3.05) is 37.4 Å². The van der Waals surface area contributed by atoms with Crippen molar-refractivity contribution >= 4 is 29.1 Å². The molecule has 7 nitrogen and oxygen atoms in total. The van der Waals surface area contributed by atoms with Gasteiger partial charge in [-0.1, -0.05) is 19.1 Å². The molecule has 0 unspecified atom stereocenters. The van der Waals surface area contributed by atoms with Gasteiger partial charge >= 0.3 is 6.03 Å². The number of rotatable bonds is 1. The second-order valence-electron chi connectivity index (χ2n) is 7.67. The molecule has 3 heterocycles. The number of nitrogens with one attached hydrogen (secondary N) is 1. The van der Waals surface area contributed by atoms with Gasteiger partial charge in [-0.15, -0.1) is 0 Å². The molecule has 1 aromatic heterocycles. The highest BCUT2D eigenvalue weighted by Gasteiger charge is 2.36. The number of aromatic nitrogens is 1. The van der Waals surface area contributed by atoms with Crippen LogP contribution in [-0.2, 0) is 0 Å². The molecule has 2 aromatic rings. The molecular weight excluding hydrogens is 354 g/mol. The Hall–Kier alpha value is -2.93. The molecule has 146 valence electrons. The molecule has 7 heteroatoms. The minimum atomic E-state index is -0.240. The Balaban J connectivity index is 1.77. The van der Waals surface area contributed by atoms with Gasteiger partial charge in [0.25, 0.3) is 5.91 Å². The van der Waals surface area contributed by atoms with E-state index in [2.05, 4.69) is 29.2 Å². The van der Waals surface area contributed by atoms with Crippen molar-refractivity contribution in [3.63, 3.8) is 0 Å². The third-order valence-corrected chi connectivity index (χ3v) is 5.69. The summed E-state index contributed by atoms with van der Waals surface area (Å²) < 4.78 is 0. The van der Waals surface area contributed by atoms with Crippen LogP contribution in [0.1, 0.15) is 23.7 Å². The molecule has 0 aliphatic carbocycles. The number of anilines is 3. The first-order valence-corrected chi connectivity index (χ1v) is 9.58. The van der Waals surface area contributed by atoms with Crippen molar-refractivity contribution in [2.45, 2.75) is 19.4 Å². The van der Waals surface area contributed by atoms with Crippen LogP contribution in [0, 0.1) is 5.92 Å². The van der Waals surface area contributed by atoms with E-state index in [9.17, 15) is 9.59 Å². The maximum absolute atomic E-state index is 13.7. The van der Waals surface area contributed by atoms with Crippen LogP contribution >= 0.6 is 0 Å². The van der Waals surface area contributed by atoms with Crippen LogP contribution in [0.5, 0.6) is 0 Å². The summed E-state index contributed by atoms with van der Waals surface area (Å²) in [5, 5.41) is 2.88. The number of pyridine rings is 1. The molecule has 1 fully saturated rings. The third kappa shape index (κ3) is 3.11. The van der Waals surface area contributed by atoms with Crippen molar-refractivity contribution < 1.29 is 9.59 Å². The fourth-order valence-corrected chi connectivity index (χ4v) is 4.25. The van der Waals surface area contributed by atoms with Crippen molar-refractivity contribution in [1.29, 1.82) is 0 Å². The number of urea groups is 1. The first-order valence-electron chi connectivity index (χ1n) is 9.58. The topological polar surface area (TPSA) is 68.8 Å². The van der Waals surface area contributed by atoms with Gasteiger partial charge in [0.2, 0.25) is 0 Å². The second-order valence-corrected chi connectivity index (χ2v) is 7.67. The predicted octanol–water partition coefficient (Wildman–Crippen LogP) is 3.18. The Morgan fingerprint density at radius 2 is 2.04 bits per heavy atom. The van der Waals surface area contributed by atoms with Crippen LogP contribution in [0.2, 0.25) is 0 Å². The molecule has 2 aliphatic rings. The monoisotopic (exact) mass is 379 g/mol. The van der Waals surface area contributed by atoms with E-state index in [0.717, 1.165) is 19.5 Å². The van der Waals surface area contributed by atoms with E-state index in [1.807, 2.05) is 18.0 Å². The summed E-state index contributed by atoms with van der Waals surface area (Å²) in [4.78, 5) is 36.5. The van der Waals surface area contributed by atoms with Crippen LogP contribution in [0.3, 0.4) is 0 Å². The van der Waals surface area contributed by atoms with Crippen LogP contribution in [0.4, 0.5) is 22.0 Å². The molecule has 0 radical (unpaired) electrons. The maximum Gasteiger partial charge on any atom is 0.330 e. The zero-order valence-corrected chi connectivity index (χ0v) is 16.4. The number of carbonyl (C=O) groups excluding carboxylic acids is 2. The Bertz CT molecular complexity index is 915. The number of amides is 3. The normalized spacial score (nSPS) is 22.0. The lowest BCUT2D eigenvalue weighted by atomic mass is 9.93. The number of fused-ring (bicyclic) bond motifs is 2. The molecule has 1 saturated heterocycles. The van der Waals surface area contributed by atoms with Gasteiger partial charge in [-0.25, -0.2) is 14.7 Å². The molecule has 1 aromatic carbocycles. The highest BCUT2D eigenvalue weighted by molar-refractivity contribution is 6.16. The van der Waals surface area contributed by atoms with Crippen molar-refractivity contribution in [3.8, 4) is 0 Å². The first-order chi connectivity index (χ1) is 13.5. The lowest BCUT2D eigenvalue weighted by Crippen LogP contribution is -2.52. The molecule has 2 aliphatic heterocycles. The van der Waals surface area contributed by atoms with Crippen LogP contribution in [0.15, 0.2) is 42.6 Å². The Labute approximate surface area is 164 Å². The van der Waals surface area contributed by atoms with Crippen LogP contribution in [0.25, 0.3) is 0 Å². The molecule has 3 amide bonds. The highest BCUT2D eigenvalue weighted by Crippen LogP contribution is 2.37. The number of piperidine rings is 1. The average Bonchev–Trinajstić information content (AvgIpc) is 2.81. The van der Waals surface area contributed by atoms with Gasteiger partial charge < -0.3 is 15.1 Å². The van der Waals surface area contributed by atoms with Gasteiger partial charge in [-0.2, -0.15) is 0 Å². The SMILES string of the molecule is C[C@H]1CN(C)CC[C@@H]1N(C)C(=O)N1c2ccccc2C(=O)Nc2cccnc21. The summed E-state index contributed by atoms with van der Waals surface area (Å²) in [6.45, 7) is 4.09. The number of hydrogen-bond donors (Lipinski definition) is 1. The molecule has 28 heavy (non-hydrogen) atoms. The largest absolute Gasteiger partial charge is 0.330 e. The van der Waals surface area contributed by atoms with Gasteiger partial charge in [0.15, 0.2) is 5.82 Å². The summed E-state index contributed by atoms with van der Waals surface area (Å²) in [6.07, 6.45) is 2.55. The summed E-state index contributed by atoms with van der Waals surface area (Å²) >= 11 is 0. The number of para-hydroxylation sites is 1. The van der Waals surface area contributed by atoms with Gasteiger partial charge in [0, 0.05) is 25.8 Å². The zero-order chi connectivity index (χ0) is 19.8. The number of likely N-dealkylation sites (tertiary alicyclic amines) is 1. The molecule has 0 spiro atoms. The average molecular weight is 379 g/mol. The third-order valence-electron chi connectivity index (χ3n) is 5.69. The van der Waals surface area contributed by atoms with Gasteiger partial charge in [-0.3, -0.25) is 4.79 Å². The first kappa shape index (κ1) is 18.4. The summed E-state index contributed by atoms with van der Waals surface area (Å²) in [5.74, 6) is 0.562. The van der Waals surface area contributed by atoms with E-state index in [-0.39, 0.29) is 18.0 Å².